The first-order chi connectivity index (χ1) is 14.2. The molecule has 0 radical (unpaired) electrons. The first-order valence-electron chi connectivity index (χ1n) is 10.9. The van der Waals surface area contributed by atoms with Gasteiger partial charge in [0.1, 0.15) is 6.10 Å². The van der Waals surface area contributed by atoms with Gasteiger partial charge in [-0.1, -0.05) is 44.2 Å². The van der Waals surface area contributed by atoms with E-state index in [0.29, 0.717) is 18.8 Å². The first kappa shape index (κ1) is 20.5. The van der Waals surface area contributed by atoms with Crippen molar-refractivity contribution in [3.8, 4) is 0 Å². The number of alkyl halides is 2. The minimum atomic E-state index is -3.68. The first-order valence-corrected chi connectivity index (χ1v) is 10.9. The number of ether oxygens (including phenoxy) is 2. The minimum Gasteiger partial charge on any atom is -0.339 e. The summed E-state index contributed by atoms with van der Waals surface area (Å²) in [7, 11) is 0. The quantitative estimate of drug-likeness (QED) is 0.520. The van der Waals surface area contributed by atoms with Gasteiger partial charge in [-0.25, -0.2) is 9.78 Å². The molecule has 0 N–H and O–H groups in total. The predicted octanol–water partition coefficient (Wildman–Crippen LogP) is 4.76. The van der Waals surface area contributed by atoms with Crippen LogP contribution in [0.15, 0.2) is 30.3 Å². The molecule has 5 fully saturated rings. The second kappa shape index (κ2) is 6.79. The third kappa shape index (κ3) is 2.75. The van der Waals surface area contributed by atoms with Crippen LogP contribution >= 0.6 is 0 Å². The monoisotopic (exact) mass is 422 g/mol. The van der Waals surface area contributed by atoms with Crippen LogP contribution in [-0.4, -0.2) is 35.5 Å². The molecular weight excluding hydrogens is 394 g/mol. The minimum absolute atomic E-state index is 0.0245. The predicted molar refractivity (Wildman–Crippen MR) is 103 cm³/mol. The Balaban J connectivity index is 1.53. The summed E-state index contributed by atoms with van der Waals surface area (Å²) in [4.78, 5) is 24.5. The van der Waals surface area contributed by atoms with Crippen molar-refractivity contribution in [3.63, 3.8) is 0 Å². The van der Waals surface area contributed by atoms with Crippen molar-refractivity contribution in [1.29, 1.82) is 0 Å². The lowest BCUT2D eigenvalue weighted by molar-refractivity contribution is -0.573. The average molecular weight is 422 g/mol. The number of hydrogen-bond acceptors (Lipinski definition) is 5. The van der Waals surface area contributed by atoms with Crippen LogP contribution < -0.4 is 0 Å². The van der Waals surface area contributed by atoms with Crippen molar-refractivity contribution in [2.24, 2.45) is 23.7 Å². The Hall–Kier alpha value is -1.41. The fraction of sp³-hybridized carbons (Fsp3) is 0.696. The number of carbonyl (C=O) groups is 1. The number of rotatable bonds is 3. The fourth-order valence-corrected chi connectivity index (χ4v) is 6.23. The van der Waals surface area contributed by atoms with E-state index < -0.39 is 41.4 Å². The summed E-state index contributed by atoms with van der Waals surface area (Å²) in [5, 5.41) is 0. The van der Waals surface area contributed by atoms with E-state index >= 15 is 8.78 Å². The molecule has 1 spiro atoms. The van der Waals surface area contributed by atoms with E-state index in [4.69, 9.17) is 19.2 Å². The molecule has 5 aliphatic rings. The van der Waals surface area contributed by atoms with Crippen LogP contribution in [-0.2, 0) is 19.2 Å². The molecule has 6 rings (SSSR count). The molecule has 2 bridgehead atoms. The molecule has 7 heteroatoms. The summed E-state index contributed by atoms with van der Waals surface area (Å²) in [6.45, 7) is 5.66. The van der Waals surface area contributed by atoms with Crippen LogP contribution in [0.2, 0.25) is 0 Å². The maximum Gasteiger partial charge on any atom is 0.335 e. The third-order valence-electron chi connectivity index (χ3n) is 7.85. The van der Waals surface area contributed by atoms with Crippen molar-refractivity contribution in [2.75, 3.05) is 0 Å². The van der Waals surface area contributed by atoms with Crippen molar-refractivity contribution in [3.05, 3.63) is 35.9 Å². The number of Topliss-reactive ketones (excluding diaryl/α,β-unsaturated/α-hetero) is 1. The van der Waals surface area contributed by atoms with Gasteiger partial charge in [0.15, 0.2) is 11.9 Å². The standard InChI is InChI=1S/C23H28F2O5/c1-13-9-10-17-14(2)19(23(24,25)18(26)15-7-5-4-6-8-15)27-20-22(17)16(13)11-12-21(3,28-20)29-30-22/h4-8,13-14,16-17,19-20H,9-12H2,1-3H3/t13-,14+,16+,17+,19+,20-,21+,22-/m1/s1. The van der Waals surface area contributed by atoms with Gasteiger partial charge in [-0.3, -0.25) is 4.79 Å². The van der Waals surface area contributed by atoms with E-state index in [-0.39, 0.29) is 17.4 Å². The molecule has 1 aliphatic carbocycles. The molecule has 1 aromatic carbocycles. The molecule has 1 saturated carbocycles. The Morgan fingerprint density at radius 1 is 1.07 bits per heavy atom. The van der Waals surface area contributed by atoms with E-state index in [1.807, 2.05) is 0 Å². The Labute approximate surface area is 174 Å². The molecular formula is C23H28F2O5. The largest absolute Gasteiger partial charge is 0.339 e. The highest BCUT2D eigenvalue weighted by molar-refractivity contribution is 6.01. The van der Waals surface area contributed by atoms with Gasteiger partial charge in [-0.05, 0) is 43.9 Å². The summed E-state index contributed by atoms with van der Waals surface area (Å²) in [5.74, 6) is -6.37. The Morgan fingerprint density at radius 3 is 2.53 bits per heavy atom. The number of carbonyl (C=O) groups excluding carboxylic acids is 1. The van der Waals surface area contributed by atoms with Crippen molar-refractivity contribution < 1.29 is 32.8 Å². The Morgan fingerprint density at radius 2 is 1.80 bits per heavy atom. The van der Waals surface area contributed by atoms with Crippen LogP contribution in [0.3, 0.4) is 0 Å². The summed E-state index contributed by atoms with van der Waals surface area (Å²) in [5.41, 5.74) is -0.946. The maximum atomic E-state index is 15.5. The number of benzene rings is 1. The van der Waals surface area contributed by atoms with E-state index in [0.717, 1.165) is 12.8 Å². The molecule has 8 atom stereocenters. The van der Waals surface area contributed by atoms with Gasteiger partial charge in [0.25, 0.3) is 0 Å². The van der Waals surface area contributed by atoms with Gasteiger partial charge in [0.05, 0.1) is 0 Å². The normalized spacial score (nSPS) is 45.5. The second-order valence-corrected chi connectivity index (χ2v) is 9.64. The van der Waals surface area contributed by atoms with Gasteiger partial charge in [0, 0.05) is 17.9 Å². The molecule has 0 unspecified atom stereocenters. The van der Waals surface area contributed by atoms with E-state index in [2.05, 4.69) is 6.92 Å². The van der Waals surface area contributed by atoms with Crippen LogP contribution in [0, 0.1) is 23.7 Å². The number of halogens is 2. The summed E-state index contributed by atoms with van der Waals surface area (Å²) >= 11 is 0. The van der Waals surface area contributed by atoms with Gasteiger partial charge in [-0.15, -0.1) is 0 Å². The van der Waals surface area contributed by atoms with Gasteiger partial charge in [-0.2, -0.15) is 8.78 Å². The Kier molecular flexibility index (Phi) is 4.64. The zero-order valence-electron chi connectivity index (χ0n) is 17.5. The van der Waals surface area contributed by atoms with Crippen molar-refractivity contribution in [2.45, 2.75) is 76.2 Å². The lowest BCUT2D eigenvalue weighted by atomic mass is 9.57. The fourth-order valence-electron chi connectivity index (χ4n) is 6.23. The van der Waals surface area contributed by atoms with Crippen LogP contribution in [0.5, 0.6) is 0 Å². The third-order valence-corrected chi connectivity index (χ3v) is 7.85. The zero-order chi connectivity index (χ0) is 21.3. The van der Waals surface area contributed by atoms with Crippen LogP contribution in [0.4, 0.5) is 8.78 Å². The number of fused-ring (bicyclic) bond motifs is 2. The van der Waals surface area contributed by atoms with Crippen molar-refractivity contribution >= 4 is 5.78 Å². The van der Waals surface area contributed by atoms with E-state index in [1.165, 1.54) is 12.1 Å². The summed E-state index contributed by atoms with van der Waals surface area (Å²) < 4.78 is 43.2. The molecule has 0 aromatic heterocycles. The highest BCUT2D eigenvalue weighted by atomic mass is 19.3. The molecule has 30 heavy (non-hydrogen) atoms. The van der Waals surface area contributed by atoms with E-state index in [9.17, 15) is 4.79 Å². The zero-order valence-corrected chi connectivity index (χ0v) is 17.5. The Bertz CT molecular complexity index is 832. The van der Waals surface area contributed by atoms with Gasteiger partial charge in [0.2, 0.25) is 11.6 Å². The molecule has 4 heterocycles. The van der Waals surface area contributed by atoms with E-state index in [1.54, 1.807) is 32.0 Å². The average Bonchev–Trinajstić information content (AvgIpc) is 2.96. The van der Waals surface area contributed by atoms with Crippen LogP contribution in [0.1, 0.15) is 56.8 Å². The SMILES string of the molecule is C[C@@H]1[C@@H](C(F)(F)C(=O)c2ccccc2)O[C@@H]2O[C@]3(C)CC[C@H]4[C@H](C)CC[C@@H]1[C@@]24OO3. The van der Waals surface area contributed by atoms with Gasteiger partial charge < -0.3 is 9.47 Å². The molecule has 0 amide bonds. The number of hydrogen-bond donors (Lipinski definition) is 0. The smallest absolute Gasteiger partial charge is 0.335 e. The van der Waals surface area contributed by atoms with Crippen molar-refractivity contribution in [1.82, 2.24) is 0 Å². The molecule has 5 nitrogen and oxygen atoms in total. The highest BCUT2D eigenvalue weighted by Gasteiger charge is 2.72. The summed E-state index contributed by atoms with van der Waals surface area (Å²) in [6.07, 6.45) is 0.464. The molecule has 4 saturated heterocycles. The maximum absolute atomic E-state index is 15.5. The number of ketones is 1. The lowest BCUT2D eigenvalue weighted by Gasteiger charge is -2.60. The second-order valence-electron chi connectivity index (χ2n) is 9.64. The molecule has 4 aliphatic heterocycles. The highest BCUT2D eigenvalue weighted by Crippen LogP contribution is 2.61. The summed E-state index contributed by atoms with van der Waals surface area (Å²) in [6, 6.07) is 7.67. The topological polar surface area (TPSA) is 54.0 Å². The molecule has 164 valence electrons. The lowest BCUT2D eigenvalue weighted by Crippen LogP contribution is -2.72. The van der Waals surface area contributed by atoms with Gasteiger partial charge >= 0.3 is 5.92 Å². The van der Waals surface area contributed by atoms with Crippen LogP contribution in [0.25, 0.3) is 0 Å². The molecule has 1 aromatic rings.